The zero-order valence-electron chi connectivity index (χ0n) is 24.9. The van der Waals surface area contributed by atoms with Gasteiger partial charge in [-0.1, -0.05) is 86.6 Å². The summed E-state index contributed by atoms with van der Waals surface area (Å²) in [6.07, 6.45) is 3.49. The number of imidazole rings is 1. The number of nitrogens with two attached hydrogens (primary N) is 1. The van der Waals surface area contributed by atoms with E-state index in [0.29, 0.717) is 12.3 Å². The number of fused-ring (bicyclic) bond motifs is 1. The van der Waals surface area contributed by atoms with Crippen LogP contribution in [0, 0.1) is 5.92 Å². The van der Waals surface area contributed by atoms with Gasteiger partial charge < -0.3 is 20.4 Å². The van der Waals surface area contributed by atoms with E-state index >= 15 is 0 Å². The third kappa shape index (κ3) is 7.19. The van der Waals surface area contributed by atoms with E-state index in [-0.39, 0.29) is 24.1 Å². The number of ketones is 2. The third-order valence-electron chi connectivity index (χ3n) is 7.72. The van der Waals surface area contributed by atoms with Crippen LogP contribution in [-0.2, 0) is 25.7 Å². The van der Waals surface area contributed by atoms with Crippen molar-refractivity contribution in [2.45, 2.75) is 64.8 Å². The minimum Gasteiger partial charge on any atom is -0.374 e. The highest BCUT2D eigenvalue weighted by Crippen LogP contribution is 2.30. The standard InChI is InChI=1S/C34H40N4O4/c1-22(23(2)32(40)30(37-33(41)34(4,5)35)20-42-19-25-12-7-6-8-13-25)29-18-38(21-36-29)31(24(3)39)28-17-11-15-26-14-9-10-16-27(26)28/h6-18,21-23,30-31H,19-20,35H2,1-5H3,(H,37,41)/t22?,23?,30-,31?/m1/s1. The first kappa shape index (κ1) is 30.8. The first-order chi connectivity index (χ1) is 20.0. The summed E-state index contributed by atoms with van der Waals surface area (Å²) in [5.74, 6) is -1.44. The highest BCUT2D eigenvalue weighted by Gasteiger charge is 2.34. The highest BCUT2D eigenvalue weighted by molar-refractivity contribution is 5.94. The number of ether oxygens (including phenoxy) is 1. The maximum atomic E-state index is 13.8. The van der Waals surface area contributed by atoms with Crippen molar-refractivity contribution < 1.29 is 19.1 Å². The topological polar surface area (TPSA) is 116 Å². The Labute approximate surface area is 247 Å². The maximum Gasteiger partial charge on any atom is 0.240 e. The van der Waals surface area contributed by atoms with Crippen LogP contribution in [0.4, 0.5) is 0 Å². The summed E-state index contributed by atoms with van der Waals surface area (Å²) >= 11 is 0. The summed E-state index contributed by atoms with van der Waals surface area (Å²) in [5, 5.41) is 4.86. The Morgan fingerprint density at radius 1 is 0.976 bits per heavy atom. The molecule has 0 aliphatic heterocycles. The fraction of sp³-hybridized carbons (Fsp3) is 0.353. The van der Waals surface area contributed by atoms with Crippen molar-refractivity contribution in [3.63, 3.8) is 0 Å². The summed E-state index contributed by atoms with van der Waals surface area (Å²) in [6.45, 7) is 8.82. The van der Waals surface area contributed by atoms with Crippen LogP contribution in [0.25, 0.3) is 10.8 Å². The molecule has 0 aliphatic carbocycles. The number of aromatic nitrogens is 2. The molecule has 0 radical (unpaired) electrons. The van der Waals surface area contributed by atoms with Crippen molar-refractivity contribution in [1.82, 2.24) is 14.9 Å². The van der Waals surface area contributed by atoms with E-state index in [1.165, 1.54) is 0 Å². The molecule has 3 aromatic carbocycles. The summed E-state index contributed by atoms with van der Waals surface area (Å²) in [5.41, 5.74) is 7.39. The van der Waals surface area contributed by atoms with E-state index < -0.39 is 29.4 Å². The lowest BCUT2D eigenvalue weighted by atomic mass is 9.86. The highest BCUT2D eigenvalue weighted by atomic mass is 16.5. The van der Waals surface area contributed by atoms with Gasteiger partial charge in [0.2, 0.25) is 5.91 Å². The molecular weight excluding hydrogens is 528 g/mol. The van der Waals surface area contributed by atoms with Crippen molar-refractivity contribution in [3.8, 4) is 0 Å². The molecule has 4 aromatic rings. The number of Topliss-reactive ketones (excluding diaryl/α,β-unsaturated/α-hetero) is 2. The molecule has 4 atom stereocenters. The summed E-state index contributed by atoms with van der Waals surface area (Å²) in [4.78, 5) is 44.0. The Kier molecular flexibility index (Phi) is 9.70. The van der Waals surface area contributed by atoms with Crippen LogP contribution in [0.3, 0.4) is 0 Å². The van der Waals surface area contributed by atoms with E-state index in [9.17, 15) is 14.4 Å². The van der Waals surface area contributed by atoms with Crippen LogP contribution in [0.5, 0.6) is 0 Å². The first-order valence-corrected chi connectivity index (χ1v) is 14.2. The first-order valence-electron chi connectivity index (χ1n) is 14.2. The molecule has 8 nitrogen and oxygen atoms in total. The van der Waals surface area contributed by atoms with Gasteiger partial charge in [-0.25, -0.2) is 4.98 Å². The quantitative estimate of drug-likeness (QED) is 0.235. The molecule has 1 aromatic heterocycles. The number of amides is 1. The van der Waals surface area contributed by atoms with Gasteiger partial charge in [0.25, 0.3) is 0 Å². The van der Waals surface area contributed by atoms with Crippen LogP contribution < -0.4 is 11.1 Å². The van der Waals surface area contributed by atoms with Gasteiger partial charge in [0.15, 0.2) is 11.6 Å². The van der Waals surface area contributed by atoms with Crippen molar-refractivity contribution in [1.29, 1.82) is 0 Å². The zero-order valence-corrected chi connectivity index (χ0v) is 24.9. The molecule has 1 heterocycles. The molecule has 0 bridgehead atoms. The van der Waals surface area contributed by atoms with Crippen LogP contribution in [0.1, 0.15) is 63.4 Å². The zero-order chi connectivity index (χ0) is 30.4. The van der Waals surface area contributed by atoms with Crippen molar-refractivity contribution >= 4 is 28.2 Å². The number of hydrogen-bond acceptors (Lipinski definition) is 6. The van der Waals surface area contributed by atoms with E-state index in [1.54, 1.807) is 27.1 Å². The number of hydrogen-bond donors (Lipinski definition) is 2. The maximum absolute atomic E-state index is 13.8. The SMILES string of the molecule is CC(=O)C(c1cccc2ccccc12)n1cnc(C(C)C(C)C(=O)[C@@H](COCc2ccccc2)NC(=O)C(C)(C)N)c1. The van der Waals surface area contributed by atoms with E-state index in [0.717, 1.165) is 21.9 Å². The smallest absolute Gasteiger partial charge is 0.240 e. The fourth-order valence-electron chi connectivity index (χ4n) is 5.04. The predicted octanol–water partition coefficient (Wildman–Crippen LogP) is 4.96. The molecule has 4 rings (SSSR count). The van der Waals surface area contributed by atoms with E-state index in [2.05, 4.69) is 10.3 Å². The van der Waals surface area contributed by atoms with Gasteiger partial charge in [0.1, 0.15) is 12.1 Å². The molecule has 8 heteroatoms. The van der Waals surface area contributed by atoms with Crippen molar-refractivity contribution in [2.75, 3.05) is 6.61 Å². The molecule has 0 saturated carbocycles. The minimum atomic E-state index is -1.16. The van der Waals surface area contributed by atoms with Crippen LogP contribution in [0.2, 0.25) is 0 Å². The fourth-order valence-corrected chi connectivity index (χ4v) is 5.04. The van der Waals surface area contributed by atoms with Gasteiger partial charge >= 0.3 is 0 Å². The summed E-state index contributed by atoms with van der Waals surface area (Å²) < 4.78 is 7.68. The lowest BCUT2D eigenvalue weighted by molar-refractivity contribution is -0.133. The van der Waals surface area contributed by atoms with E-state index in [1.807, 2.05) is 97.4 Å². The van der Waals surface area contributed by atoms with E-state index in [4.69, 9.17) is 10.5 Å². The predicted molar refractivity (Wildman–Crippen MR) is 164 cm³/mol. The molecule has 0 fully saturated rings. The molecule has 1 amide bonds. The Balaban J connectivity index is 1.54. The van der Waals surface area contributed by atoms with Gasteiger partial charge in [-0.05, 0) is 42.7 Å². The lowest BCUT2D eigenvalue weighted by Gasteiger charge is -2.27. The summed E-state index contributed by atoms with van der Waals surface area (Å²) in [7, 11) is 0. The molecule has 3 N–H and O–H groups in total. The number of rotatable bonds is 13. The molecule has 0 saturated heterocycles. The van der Waals surface area contributed by atoms with Gasteiger partial charge in [0, 0.05) is 18.0 Å². The number of benzene rings is 3. The van der Waals surface area contributed by atoms with Gasteiger partial charge in [-0.15, -0.1) is 0 Å². The number of carbonyl (C=O) groups excluding carboxylic acids is 3. The Bertz CT molecular complexity index is 1530. The van der Waals surface area contributed by atoms with Crippen LogP contribution in [0.15, 0.2) is 85.3 Å². The Morgan fingerprint density at radius 3 is 2.33 bits per heavy atom. The molecule has 3 unspecified atom stereocenters. The Hall–Kier alpha value is -4.14. The average Bonchev–Trinajstić information content (AvgIpc) is 3.45. The molecule has 220 valence electrons. The average molecular weight is 569 g/mol. The van der Waals surface area contributed by atoms with Gasteiger partial charge in [-0.3, -0.25) is 14.4 Å². The second kappa shape index (κ2) is 13.2. The molecule has 42 heavy (non-hydrogen) atoms. The third-order valence-corrected chi connectivity index (χ3v) is 7.72. The molecule has 0 aliphatic rings. The molecular formula is C34H40N4O4. The Morgan fingerprint density at radius 2 is 1.64 bits per heavy atom. The van der Waals surface area contributed by atoms with Crippen LogP contribution in [-0.4, -0.2) is 45.2 Å². The van der Waals surface area contributed by atoms with Crippen molar-refractivity contribution in [3.05, 3.63) is 102 Å². The normalized spacial score (nSPS) is 14.6. The van der Waals surface area contributed by atoms with Crippen LogP contribution >= 0.6 is 0 Å². The molecule has 0 spiro atoms. The lowest BCUT2D eigenvalue weighted by Crippen LogP contribution is -2.56. The summed E-state index contributed by atoms with van der Waals surface area (Å²) in [6, 6.07) is 22.1. The van der Waals surface area contributed by atoms with Gasteiger partial charge in [0.05, 0.1) is 30.8 Å². The van der Waals surface area contributed by atoms with Crippen molar-refractivity contribution in [2.24, 2.45) is 11.7 Å². The van der Waals surface area contributed by atoms with Gasteiger partial charge in [-0.2, -0.15) is 0 Å². The monoisotopic (exact) mass is 568 g/mol. The number of nitrogens with zero attached hydrogens (tertiary/aromatic N) is 2. The number of nitrogens with one attached hydrogen (secondary N) is 1. The second-order valence-electron chi connectivity index (χ2n) is 11.6. The largest absolute Gasteiger partial charge is 0.374 e. The minimum absolute atomic E-state index is 0.00847. The number of carbonyl (C=O) groups is 3. The second-order valence-corrected chi connectivity index (χ2v) is 11.6.